The number of hydrogen-bond donors (Lipinski definition) is 2. The van der Waals surface area contributed by atoms with E-state index in [-0.39, 0.29) is 0 Å². The van der Waals surface area contributed by atoms with Gasteiger partial charge in [0.15, 0.2) is 5.41 Å². The van der Waals surface area contributed by atoms with E-state index in [2.05, 4.69) is 0 Å². The van der Waals surface area contributed by atoms with Gasteiger partial charge in [-0.15, -0.1) is 0 Å². The second kappa shape index (κ2) is 5.28. The SMILES string of the molecule is Cc1c(C(F)(F)F)ccc(C(C)(C(=O)O)C(=O)O)c1[N+](=O)[O-]. The van der Waals surface area contributed by atoms with Crippen LogP contribution in [0.15, 0.2) is 12.1 Å². The average Bonchev–Trinajstić information content (AvgIpc) is 2.34. The molecule has 7 nitrogen and oxygen atoms in total. The molecule has 2 N–H and O–H groups in total. The molecular weight excluding hydrogens is 311 g/mol. The Labute approximate surface area is 121 Å². The van der Waals surface area contributed by atoms with E-state index in [0.717, 1.165) is 6.92 Å². The topological polar surface area (TPSA) is 118 Å². The normalized spacial score (nSPS) is 12.0. The molecule has 0 saturated carbocycles. The van der Waals surface area contributed by atoms with Crippen LogP contribution in [0.5, 0.6) is 0 Å². The molecule has 0 fully saturated rings. The lowest BCUT2D eigenvalue weighted by atomic mass is 9.80. The molecule has 0 saturated heterocycles. The van der Waals surface area contributed by atoms with Crippen molar-refractivity contribution in [1.29, 1.82) is 0 Å². The average molecular weight is 321 g/mol. The summed E-state index contributed by atoms with van der Waals surface area (Å²) in [6.07, 6.45) is -4.89. The highest BCUT2D eigenvalue weighted by Gasteiger charge is 2.49. The van der Waals surface area contributed by atoms with Crippen LogP contribution in [-0.4, -0.2) is 27.1 Å². The Balaban J connectivity index is 3.86. The van der Waals surface area contributed by atoms with Crippen molar-refractivity contribution in [1.82, 2.24) is 0 Å². The summed E-state index contributed by atoms with van der Waals surface area (Å²) in [7, 11) is 0. The number of benzene rings is 1. The first-order valence-corrected chi connectivity index (χ1v) is 5.67. The first kappa shape index (κ1) is 17.4. The van der Waals surface area contributed by atoms with Gasteiger partial charge < -0.3 is 10.2 Å². The summed E-state index contributed by atoms with van der Waals surface area (Å²) in [5.41, 5.74) is -6.94. The Hall–Kier alpha value is -2.65. The molecule has 0 aliphatic rings. The van der Waals surface area contributed by atoms with Gasteiger partial charge in [-0.3, -0.25) is 19.7 Å². The van der Waals surface area contributed by atoms with E-state index >= 15 is 0 Å². The number of carboxylic acids is 2. The summed E-state index contributed by atoms with van der Waals surface area (Å²) >= 11 is 0. The molecule has 0 radical (unpaired) electrons. The predicted octanol–water partition coefficient (Wildman–Crippen LogP) is 2.35. The van der Waals surface area contributed by atoms with E-state index in [0.29, 0.717) is 19.1 Å². The van der Waals surface area contributed by atoms with Crippen LogP contribution >= 0.6 is 0 Å². The molecule has 0 heterocycles. The first-order valence-electron chi connectivity index (χ1n) is 5.67. The number of nitro benzene ring substituents is 1. The smallest absolute Gasteiger partial charge is 0.416 e. The third kappa shape index (κ3) is 2.59. The molecule has 0 amide bonds. The van der Waals surface area contributed by atoms with Crippen LogP contribution in [0, 0.1) is 17.0 Å². The van der Waals surface area contributed by atoms with Crippen LogP contribution < -0.4 is 0 Å². The van der Waals surface area contributed by atoms with Crippen LogP contribution in [0.2, 0.25) is 0 Å². The Morgan fingerprint density at radius 3 is 1.86 bits per heavy atom. The lowest BCUT2D eigenvalue weighted by molar-refractivity contribution is -0.386. The van der Waals surface area contributed by atoms with Gasteiger partial charge in [0.2, 0.25) is 0 Å². The van der Waals surface area contributed by atoms with E-state index in [4.69, 9.17) is 10.2 Å². The molecule has 0 atom stereocenters. The molecule has 0 aliphatic heterocycles. The van der Waals surface area contributed by atoms with Gasteiger partial charge in [0.1, 0.15) is 0 Å². The number of rotatable bonds is 4. The summed E-state index contributed by atoms with van der Waals surface area (Å²) in [5.74, 6) is -3.86. The second-order valence-corrected chi connectivity index (χ2v) is 4.62. The standard InChI is InChI=1S/C12H10F3NO6/c1-5-6(12(13,14)15)3-4-7(8(5)16(21)22)11(2,9(17)18)10(19)20/h3-4H,1-2H3,(H,17,18)(H,19,20). The second-order valence-electron chi connectivity index (χ2n) is 4.62. The fourth-order valence-corrected chi connectivity index (χ4v) is 1.97. The van der Waals surface area contributed by atoms with Gasteiger partial charge in [-0.05, 0) is 26.0 Å². The van der Waals surface area contributed by atoms with Gasteiger partial charge in [0, 0.05) is 5.56 Å². The third-order valence-corrected chi connectivity index (χ3v) is 3.31. The number of carbonyl (C=O) groups is 2. The van der Waals surface area contributed by atoms with Crippen molar-refractivity contribution in [3.05, 3.63) is 38.9 Å². The minimum Gasteiger partial charge on any atom is -0.480 e. The van der Waals surface area contributed by atoms with Crippen LogP contribution in [-0.2, 0) is 21.2 Å². The number of nitro groups is 1. The maximum atomic E-state index is 12.8. The highest BCUT2D eigenvalue weighted by molar-refractivity contribution is 6.05. The summed E-state index contributed by atoms with van der Waals surface area (Å²) in [4.78, 5) is 32.3. The number of aliphatic carboxylic acids is 2. The van der Waals surface area contributed by atoms with E-state index in [1.807, 2.05) is 0 Å². The minimum atomic E-state index is -4.89. The van der Waals surface area contributed by atoms with Crippen molar-refractivity contribution in [2.45, 2.75) is 25.4 Å². The van der Waals surface area contributed by atoms with Crippen LogP contribution in [0.4, 0.5) is 18.9 Å². The molecule has 0 bridgehead atoms. The van der Waals surface area contributed by atoms with Gasteiger partial charge in [-0.2, -0.15) is 13.2 Å². The molecule has 10 heteroatoms. The van der Waals surface area contributed by atoms with Gasteiger partial charge in [-0.25, -0.2) is 0 Å². The third-order valence-electron chi connectivity index (χ3n) is 3.31. The summed E-state index contributed by atoms with van der Waals surface area (Å²) in [6.45, 7) is 1.46. The van der Waals surface area contributed by atoms with Crippen LogP contribution in [0.25, 0.3) is 0 Å². The maximum absolute atomic E-state index is 12.8. The molecule has 0 spiro atoms. The maximum Gasteiger partial charge on any atom is 0.416 e. The molecule has 1 rings (SSSR count). The van der Waals surface area contributed by atoms with Crippen LogP contribution in [0.1, 0.15) is 23.6 Å². The molecule has 1 aromatic rings. The quantitative estimate of drug-likeness (QED) is 0.499. The Kier molecular flexibility index (Phi) is 4.17. The lowest BCUT2D eigenvalue weighted by Crippen LogP contribution is -2.41. The van der Waals surface area contributed by atoms with Gasteiger partial charge >= 0.3 is 18.1 Å². The van der Waals surface area contributed by atoms with Crippen molar-refractivity contribution in [2.24, 2.45) is 0 Å². The molecular formula is C12H10F3NO6. The number of hydrogen-bond acceptors (Lipinski definition) is 4. The fraction of sp³-hybridized carbons (Fsp3) is 0.333. The largest absolute Gasteiger partial charge is 0.480 e. The summed E-state index contributed by atoms with van der Waals surface area (Å²) in [6, 6.07) is 0.942. The number of halogens is 3. The Morgan fingerprint density at radius 1 is 1.14 bits per heavy atom. The van der Waals surface area contributed by atoms with Crippen molar-refractivity contribution in [3.8, 4) is 0 Å². The molecule has 0 aliphatic carbocycles. The van der Waals surface area contributed by atoms with Gasteiger partial charge in [0.25, 0.3) is 5.69 Å². The zero-order valence-corrected chi connectivity index (χ0v) is 11.3. The lowest BCUT2D eigenvalue weighted by Gasteiger charge is -2.22. The zero-order valence-electron chi connectivity index (χ0n) is 11.3. The highest BCUT2D eigenvalue weighted by atomic mass is 19.4. The number of alkyl halides is 3. The zero-order chi connectivity index (χ0) is 17.5. The van der Waals surface area contributed by atoms with Crippen LogP contribution in [0.3, 0.4) is 0 Å². The predicted molar refractivity (Wildman–Crippen MR) is 65.5 cm³/mol. The van der Waals surface area contributed by atoms with E-state index in [1.165, 1.54) is 0 Å². The Morgan fingerprint density at radius 2 is 1.55 bits per heavy atom. The summed E-state index contributed by atoms with van der Waals surface area (Å²) < 4.78 is 38.3. The van der Waals surface area contributed by atoms with E-state index < -0.39 is 50.8 Å². The molecule has 22 heavy (non-hydrogen) atoms. The molecule has 1 aromatic carbocycles. The summed E-state index contributed by atoms with van der Waals surface area (Å²) in [5, 5.41) is 29.2. The van der Waals surface area contributed by atoms with Crippen molar-refractivity contribution in [3.63, 3.8) is 0 Å². The molecule has 120 valence electrons. The van der Waals surface area contributed by atoms with E-state index in [1.54, 1.807) is 0 Å². The van der Waals surface area contributed by atoms with Crippen molar-refractivity contribution in [2.75, 3.05) is 0 Å². The monoisotopic (exact) mass is 321 g/mol. The Bertz CT molecular complexity index is 654. The van der Waals surface area contributed by atoms with Gasteiger partial charge in [0.05, 0.1) is 16.1 Å². The van der Waals surface area contributed by atoms with Crippen molar-refractivity contribution < 1.29 is 37.9 Å². The fourth-order valence-electron chi connectivity index (χ4n) is 1.97. The number of carboxylic acid groups (broad SMARTS) is 2. The highest BCUT2D eigenvalue weighted by Crippen LogP contribution is 2.41. The minimum absolute atomic E-state index is 0.432. The number of nitrogens with zero attached hydrogens (tertiary/aromatic N) is 1. The van der Waals surface area contributed by atoms with E-state index in [9.17, 15) is 32.9 Å². The molecule has 0 aromatic heterocycles. The van der Waals surface area contributed by atoms with Crippen molar-refractivity contribution >= 4 is 17.6 Å². The first-order chi connectivity index (χ1) is 9.85. The molecule has 0 unspecified atom stereocenters. The van der Waals surface area contributed by atoms with Gasteiger partial charge in [-0.1, -0.05) is 0 Å².